The molecule has 1 fully saturated rings. The summed E-state index contributed by atoms with van der Waals surface area (Å²) in [4.78, 5) is 12.0. The maximum Gasteiger partial charge on any atom is 0.251 e. The van der Waals surface area contributed by atoms with Crippen LogP contribution in [0.3, 0.4) is 0 Å². The molecule has 1 aliphatic carbocycles. The van der Waals surface area contributed by atoms with E-state index in [4.69, 9.17) is 0 Å². The van der Waals surface area contributed by atoms with Gasteiger partial charge in [-0.05, 0) is 30.5 Å². The van der Waals surface area contributed by atoms with Crippen LogP contribution in [-0.4, -0.2) is 26.6 Å². The number of hydrogen-bond acceptors (Lipinski definition) is 3. The topological polar surface area (TPSA) is 63.2 Å². The molecule has 1 amide bonds. The van der Waals surface area contributed by atoms with Crippen molar-refractivity contribution in [2.75, 3.05) is 6.26 Å². The minimum absolute atomic E-state index is 0.0114. The fourth-order valence-electron chi connectivity index (χ4n) is 2.39. The molecule has 0 radical (unpaired) electrons. The van der Waals surface area contributed by atoms with E-state index in [0.717, 1.165) is 12.8 Å². The molecule has 0 aliphatic heterocycles. The summed E-state index contributed by atoms with van der Waals surface area (Å²) in [6.07, 6.45) is 5.67. The maximum absolute atomic E-state index is 12.0. The van der Waals surface area contributed by atoms with E-state index in [1.165, 1.54) is 19.1 Å². The van der Waals surface area contributed by atoms with E-state index >= 15 is 0 Å². The van der Waals surface area contributed by atoms with Crippen molar-refractivity contribution < 1.29 is 13.2 Å². The molecular weight excluding hydrogens is 262 g/mol. The molecule has 0 atom stereocenters. The van der Waals surface area contributed by atoms with Gasteiger partial charge in [0.05, 0.1) is 5.75 Å². The first-order valence-corrected chi connectivity index (χ1v) is 8.57. The van der Waals surface area contributed by atoms with Gasteiger partial charge in [-0.3, -0.25) is 4.79 Å². The Labute approximate surface area is 114 Å². The molecule has 1 saturated carbocycles. The summed E-state index contributed by atoms with van der Waals surface area (Å²) >= 11 is 0. The zero-order chi connectivity index (χ0) is 13.9. The standard InChI is InChI=1S/C14H19NO3S/c1-19(17,18)10-11-6-8-12(9-7-11)14(16)15-13-4-2-3-5-13/h6-9,13H,2-5,10H2,1H3,(H,15,16). The van der Waals surface area contributed by atoms with E-state index in [1.807, 2.05) is 0 Å². The van der Waals surface area contributed by atoms with Crippen LogP contribution >= 0.6 is 0 Å². The number of nitrogens with one attached hydrogen (secondary N) is 1. The van der Waals surface area contributed by atoms with Crippen molar-refractivity contribution in [2.45, 2.75) is 37.5 Å². The zero-order valence-electron chi connectivity index (χ0n) is 11.1. The summed E-state index contributed by atoms with van der Waals surface area (Å²) in [5.74, 6) is -0.0600. The quantitative estimate of drug-likeness (QED) is 0.917. The van der Waals surface area contributed by atoms with Gasteiger partial charge in [0.25, 0.3) is 5.91 Å². The molecule has 1 N–H and O–H groups in total. The van der Waals surface area contributed by atoms with Crippen molar-refractivity contribution in [3.05, 3.63) is 35.4 Å². The molecule has 0 saturated heterocycles. The van der Waals surface area contributed by atoms with Gasteiger partial charge in [-0.15, -0.1) is 0 Å². The van der Waals surface area contributed by atoms with Gasteiger partial charge < -0.3 is 5.32 Å². The monoisotopic (exact) mass is 281 g/mol. The van der Waals surface area contributed by atoms with E-state index in [2.05, 4.69) is 5.32 Å². The van der Waals surface area contributed by atoms with E-state index < -0.39 is 9.84 Å². The molecule has 1 aromatic rings. The second-order valence-electron chi connectivity index (χ2n) is 5.22. The molecule has 1 aromatic carbocycles. The highest BCUT2D eigenvalue weighted by molar-refractivity contribution is 7.89. The predicted octanol–water partition coefficient (Wildman–Crippen LogP) is 1.90. The van der Waals surface area contributed by atoms with Gasteiger partial charge in [-0.2, -0.15) is 0 Å². The molecule has 0 aromatic heterocycles. The van der Waals surface area contributed by atoms with E-state index in [9.17, 15) is 13.2 Å². The molecule has 4 nitrogen and oxygen atoms in total. The minimum Gasteiger partial charge on any atom is -0.349 e. The zero-order valence-corrected chi connectivity index (χ0v) is 11.9. The number of benzene rings is 1. The van der Waals surface area contributed by atoms with Crippen LogP contribution in [0.1, 0.15) is 41.6 Å². The van der Waals surface area contributed by atoms with E-state index in [1.54, 1.807) is 24.3 Å². The van der Waals surface area contributed by atoms with Crippen molar-refractivity contribution in [3.8, 4) is 0 Å². The molecule has 0 bridgehead atoms. The highest BCUT2D eigenvalue weighted by Crippen LogP contribution is 2.18. The Kier molecular flexibility index (Phi) is 4.24. The van der Waals surface area contributed by atoms with Crippen LogP contribution in [0.5, 0.6) is 0 Å². The van der Waals surface area contributed by atoms with Gasteiger partial charge in [-0.25, -0.2) is 8.42 Å². The van der Waals surface area contributed by atoms with Gasteiger partial charge in [0.2, 0.25) is 0 Å². The van der Waals surface area contributed by atoms with Crippen LogP contribution in [-0.2, 0) is 15.6 Å². The van der Waals surface area contributed by atoms with Crippen LogP contribution in [0.25, 0.3) is 0 Å². The molecular formula is C14H19NO3S. The van der Waals surface area contributed by atoms with Crippen molar-refractivity contribution in [1.82, 2.24) is 5.32 Å². The van der Waals surface area contributed by atoms with Crippen LogP contribution in [0, 0.1) is 0 Å². The second-order valence-corrected chi connectivity index (χ2v) is 7.36. The Morgan fingerprint density at radius 1 is 1.21 bits per heavy atom. The minimum atomic E-state index is -3.03. The van der Waals surface area contributed by atoms with Gasteiger partial charge in [0.1, 0.15) is 0 Å². The molecule has 5 heteroatoms. The average Bonchev–Trinajstić information content (AvgIpc) is 2.80. The molecule has 0 unspecified atom stereocenters. The average molecular weight is 281 g/mol. The maximum atomic E-state index is 12.0. The summed E-state index contributed by atoms with van der Waals surface area (Å²) in [5.41, 5.74) is 1.30. The number of rotatable bonds is 4. The Bertz CT molecular complexity index is 543. The van der Waals surface area contributed by atoms with Crippen molar-refractivity contribution in [2.24, 2.45) is 0 Å². The molecule has 0 spiro atoms. The number of sulfone groups is 1. The van der Waals surface area contributed by atoms with Crippen LogP contribution in [0.4, 0.5) is 0 Å². The Morgan fingerprint density at radius 2 is 1.79 bits per heavy atom. The third-order valence-corrected chi connectivity index (χ3v) is 4.19. The lowest BCUT2D eigenvalue weighted by Gasteiger charge is -2.12. The third kappa shape index (κ3) is 4.35. The van der Waals surface area contributed by atoms with Crippen molar-refractivity contribution in [1.29, 1.82) is 0 Å². The number of amides is 1. The lowest BCUT2D eigenvalue weighted by atomic mass is 10.1. The second kappa shape index (κ2) is 5.74. The van der Waals surface area contributed by atoms with Crippen LogP contribution < -0.4 is 5.32 Å². The first-order valence-electron chi connectivity index (χ1n) is 6.51. The van der Waals surface area contributed by atoms with Crippen molar-refractivity contribution >= 4 is 15.7 Å². The number of carbonyl (C=O) groups excluding carboxylic acids is 1. The van der Waals surface area contributed by atoms with Gasteiger partial charge in [0, 0.05) is 17.9 Å². The third-order valence-electron chi connectivity index (χ3n) is 3.34. The first-order chi connectivity index (χ1) is 8.94. The van der Waals surface area contributed by atoms with Gasteiger partial charge in [0.15, 0.2) is 9.84 Å². The largest absolute Gasteiger partial charge is 0.349 e. The SMILES string of the molecule is CS(=O)(=O)Cc1ccc(C(=O)NC2CCCC2)cc1. The summed E-state index contributed by atoms with van der Waals surface area (Å²) < 4.78 is 22.3. The lowest BCUT2D eigenvalue weighted by Crippen LogP contribution is -2.32. The first kappa shape index (κ1) is 14.1. The Hall–Kier alpha value is -1.36. The normalized spacial score (nSPS) is 16.5. The van der Waals surface area contributed by atoms with Crippen LogP contribution in [0.15, 0.2) is 24.3 Å². The predicted molar refractivity (Wildman–Crippen MR) is 74.7 cm³/mol. The molecule has 104 valence electrons. The molecule has 1 aliphatic rings. The molecule has 0 heterocycles. The Balaban J connectivity index is 1.99. The number of carbonyl (C=O) groups is 1. The summed E-state index contributed by atoms with van der Waals surface area (Å²) in [7, 11) is -3.03. The summed E-state index contributed by atoms with van der Waals surface area (Å²) in [6.45, 7) is 0. The summed E-state index contributed by atoms with van der Waals surface area (Å²) in [5, 5.41) is 3.01. The lowest BCUT2D eigenvalue weighted by molar-refractivity contribution is 0.0938. The van der Waals surface area contributed by atoms with Crippen LogP contribution in [0.2, 0.25) is 0 Å². The Morgan fingerprint density at radius 3 is 2.32 bits per heavy atom. The smallest absolute Gasteiger partial charge is 0.251 e. The highest BCUT2D eigenvalue weighted by atomic mass is 32.2. The van der Waals surface area contributed by atoms with Gasteiger partial charge >= 0.3 is 0 Å². The molecule has 2 rings (SSSR count). The van der Waals surface area contributed by atoms with E-state index in [0.29, 0.717) is 17.2 Å². The fourth-order valence-corrected chi connectivity index (χ4v) is 3.19. The van der Waals surface area contributed by atoms with Crippen molar-refractivity contribution in [3.63, 3.8) is 0 Å². The highest BCUT2D eigenvalue weighted by Gasteiger charge is 2.17. The number of hydrogen-bond donors (Lipinski definition) is 1. The fraction of sp³-hybridized carbons (Fsp3) is 0.500. The van der Waals surface area contributed by atoms with E-state index in [-0.39, 0.29) is 11.7 Å². The summed E-state index contributed by atoms with van der Waals surface area (Å²) in [6, 6.07) is 7.06. The van der Waals surface area contributed by atoms with Gasteiger partial charge in [-0.1, -0.05) is 25.0 Å². The molecule has 19 heavy (non-hydrogen) atoms.